The van der Waals surface area contributed by atoms with Gasteiger partial charge in [-0.3, -0.25) is 9.59 Å². The Balaban J connectivity index is 2.89. The van der Waals surface area contributed by atoms with Gasteiger partial charge in [-0.15, -0.1) is 0 Å². The van der Waals surface area contributed by atoms with Crippen molar-refractivity contribution in [1.29, 1.82) is 0 Å². The standard InChI is InChI=1S/C9H9F3N2O4/c1-4-14-6(7(18-4)9(10,11)12)8(16)13-3-5(15)17-2/h3H2,1-2H3,(H,13,16). The van der Waals surface area contributed by atoms with Crippen molar-refractivity contribution in [2.75, 3.05) is 13.7 Å². The lowest BCUT2D eigenvalue weighted by Gasteiger charge is -2.05. The Hall–Kier alpha value is -2.06. The number of halogens is 3. The summed E-state index contributed by atoms with van der Waals surface area (Å²) in [6, 6.07) is 0. The quantitative estimate of drug-likeness (QED) is 0.822. The third-order valence-electron chi connectivity index (χ3n) is 1.83. The zero-order chi connectivity index (χ0) is 13.9. The molecule has 0 bridgehead atoms. The molecule has 1 rings (SSSR count). The van der Waals surface area contributed by atoms with Gasteiger partial charge < -0.3 is 14.5 Å². The molecule has 0 aliphatic rings. The lowest BCUT2D eigenvalue weighted by Crippen LogP contribution is -2.31. The minimum Gasteiger partial charge on any atom is -0.468 e. The lowest BCUT2D eigenvalue weighted by molar-refractivity contribution is -0.153. The van der Waals surface area contributed by atoms with Crippen LogP contribution in [-0.2, 0) is 15.7 Å². The van der Waals surface area contributed by atoms with Gasteiger partial charge in [0.1, 0.15) is 6.54 Å². The Morgan fingerprint density at radius 1 is 1.44 bits per heavy atom. The van der Waals surface area contributed by atoms with E-state index in [0.29, 0.717) is 0 Å². The van der Waals surface area contributed by atoms with Crippen LogP contribution in [0.5, 0.6) is 0 Å². The van der Waals surface area contributed by atoms with Gasteiger partial charge in [0, 0.05) is 6.92 Å². The molecule has 0 aromatic carbocycles. The summed E-state index contributed by atoms with van der Waals surface area (Å²) in [4.78, 5) is 25.5. The molecule has 9 heteroatoms. The first-order valence-electron chi connectivity index (χ1n) is 4.65. The summed E-state index contributed by atoms with van der Waals surface area (Å²) >= 11 is 0. The molecule has 100 valence electrons. The number of nitrogens with one attached hydrogen (secondary N) is 1. The van der Waals surface area contributed by atoms with Crippen LogP contribution in [0.15, 0.2) is 4.42 Å². The third kappa shape index (κ3) is 3.22. The van der Waals surface area contributed by atoms with Crippen LogP contribution in [0.4, 0.5) is 13.2 Å². The van der Waals surface area contributed by atoms with Gasteiger partial charge in [0.25, 0.3) is 5.91 Å². The number of rotatable bonds is 3. The Bertz CT molecular complexity index is 467. The van der Waals surface area contributed by atoms with Crippen LogP contribution < -0.4 is 5.32 Å². The molecule has 0 unspecified atom stereocenters. The number of oxazole rings is 1. The van der Waals surface area contributed by atoms with E-state index in [-0.39, 0.29) is 5.89 Å². The maximum Gasteiger partial charge on any atom is 0.452 e. The average molecular weight is 266 g/mol. The zero-order valence-corrected chi connectivity index (χ0v) is 9.42. The van der Waals surface area contributed by atoms with Crippen LogP contribution in [0.2, 0.25) is 0 Å². The van der Waals surface area contributed by atoms with Crippen molar-refractivity contribution in [2.24, 2.45) is 0 Å². The molecule has 0 spiro atoms. The van der Waals surface area contributed by atoms with E-state index in [2.05, 4.69) is 14.1 Å². The highest BCUT2D eigenvalue weighted by molar-refractivity contribution is 5.95. The van der Waals surface area contributed by atoms with Crippen LogP contribution in [0, 0.1) is 6.92 Å². The van der Waals surface area contributed by atoms with Gasteiger partial charge in [-0.2, -0.15) is 13.2 Å². The monoisotopic (exact) mass is 266 g/mol. The number of hydrogen-bond donors (Lipinski definition) is 1. The highest BCUT2D eigenvalue weighted by Crippen LogP contribution is 2.32. The van der Waals surface area contributed by atoms with E-state index >= 15 is 0 Å². The molecule has 0 fully saturated rings. The summed E-state index contributed by atoms with van der Waals surface area (Å²) in [5, 5.41) is 1.94. The molecular weight excluding hydrogens is 257 g/mol. The molecule has 0 saturated carbocycles. The normalized spacial score (nSPS) is 11.2. The predicted molar refractivity (Wildman–Crippen MR) is 50.6 cm³/mol. The number of hydrogen-bond acceptors (Lipinski definition) is 5. The summed E-state index contributed by atoms with van der Waals surface area (Å²) in [5.74, 6) is -3.75. The number of aryl methyl sites for hydroxylation is 1. The van der Waals surface area contributed by atoms with Crippen molar-refractivity contribution in [1.82, 2.24) is 10.3 Å². The Morgan fingerprint density at radius 2 is 2.06 bits per heavy atom. The van der Waals surface area contributed by atoms with Crippen molar-refractivity contribution in [2.45, 2.75) is 13.1 Å². The minimum atomic E-state index is -4.83. The molecule has 1 aromatic heterocycles. The Kier molecular flexibility index (Phi) is 3.94. The lowest BCUT2D eigenvalue weighted by atomic mass is 10.3. The van der Waals surface area contributed by atoms with Crippen LogP contribution in [0.25, 0.3) is 0 Å². The molecule has 1 amide bonds. The first-order valence-corrected chi connectivity index (χ1v) is 4.65. The number of methoxy groups -OCH3 is 1. The van der Waals surface area contributed by atoms with Gasteiger partial charge in [-0.1, -0.05) is 0 Å². The van der Waals surface area contributed by atoms with E-state index in [1.807, 2.05) is 5.32 Å². The summed E-state index contributed by atoms with van der Waals surface area (Å²) in [7, 11) is 1.08. The molecule has 1 aromatic rings. The van der Waals surface area contributed by atoms with Gasteiger partial charge in [0.2, 0.25) is 5.76 Å². The number of amides is 1. The number of carbonyl (C=O) groups is 2. The van der Waals surface area contributed by atoms with Gasteiger partial charge in [-0.05, 0) is 0 Å². The zero-order valence-electron chi connectivity index (χ0n) is 9.42. The van der Waals surface area contributed by atoms with E-state index in [1.54, 1.807) is 0 Å². The number of alkyl halides is 3. The maximum atomic E-state index is 12.5. The van der Waals surface area contributed by atoms with Gasteiger partial charge >= 0.3 is 12.1 Å². The number of aromatic nitrogens is 1. The second kappa shape index (κ2) is 5.07. The smallest absolute Gasteiger partial charge is 0.452 e. The maximum absolute atomic E-state index is 12.5. The van der Waals surface area contributed by atoms with Gasteiger partial charge in [-0.25, -0.2) is 4.98 Å². The summed E-state index contributed by atoms with van der Waals surface area (Å²) < 4.78 is 46.0. The molecule has 0 aliphatic carbocycles. The van der Waals surface area contributed by atoms with Crippen molar-refractivity contribution in [3.8, 4) is 0 Å². The van der Waals surface area contributed by atoms with E-state index in [4.69, 9.17) is 0 Å². The average Bonchev–Trinajstić information content (AvgIpc) is 2.67. The summed E-state index contributed by atoms with van der Waals surface area (Å²) in [5.41, 5.74) is -0.913. The van der Waals surface area contributed by atoms with Gasteiger partial charge in [0.05, 0.1) is 7.11 Å². The van der Waals surface area contributed by atoms with E-state index in [1.165, 1.54) is 6.92 Å². The molecule has 0 radical (unpaired) electrons. The molecule has 0 saturated heterocycles. The molecular formula is C9H9F3N2O4. The van der Waals surface area contributed by atoms with E-state index in [9.17, 15) is 22.8 Å². The molecule has 6 nitrogen and oxygen atoms in total. The molecule has 0 aliphatic heterocycles. The molecule has 1 N–H and O–H groups in total. The van der Waals surface area contributed by atoms with Crippen LogP contribution in [0.1, 0.15) is 22.1 Å². The summed E-state index contributed by atoms with van der Waals surface area (Å²) in [6.45, 7) is 0.616. The van der Waals surface area contributed by atoms with Crippen molar-refractivity contribution in [3.05, 3.63) is 17.3 Å². The van der Waals surface area contributed by atoms with Crippen LogP contribution in [-0.4, -0.2) is 30.5 Å². The van der Waals surface area contributed by atoms with Crippen molar-refractivity contribution < 1.29 is 31.9 Å². The topological polar surface area (TPSA) is 81.4 Å². The number of esters is 1. The van der Waals surface area contributed by atoms with E-state index < -0.39 is 36.1 Å². The fraction of sp³-hybridized carbons (Fsp3) is 0.444. The fourth-order valence-corrected chi connectivity index (χ4v) is 1.08. The fourth-order valence-electron chi connectivity index (χ4n) is 1.08. The largest absolute Gasteiger partial charge is 0.468 e. The highest BCUT2D eigenvalue weighted by Gasteiger charge is 2.41. The van der Waals surface area contributed by atoms with Gasteiger partial charge in [0.15, 0.2) is 11.6 Å². The SMILES string of the molecule is COC(=O)CNC(=O)c1nc(C)oc1C(F)(F)F. The third-order valence-corrected chi connectivity index (χ3v) is 1.83. The van der Waals surface area contributed by atoms with Crippen LogP contribution in [0.3, 0.4) is 0 Å². The molecule has 0 atom stereocenters. The van der Waals surface area contributed by atoms with Crippen LogP contribution >= 0.6 is 0 Å². The number of carbonyl (C=O) groups excluding carboxylic acids is 2. The Morgan fingerprint density at radius 3 is 2.56 bits per heavy atom. The Labute approximate surface area is 99.1 Å². The number of nitrogens with zero attached hydrogens (tertiary/aromatic N) is 1. The van der Waals surface area contributed by atoms with Crippen molar-refractivity contribution in [3.63, 3.8) is 0 Å². The first kappa shape index (κ1) is 14.0. The molecule has 1 heterocycles. The number of ether oxygens (including phenoxy) is 1. The highest BCUT2D eigenvalue weighted by atomic mass is 19.4. The van der Waals surface area contributed by atoms with E-state index in [0.717, 1.165) is 7.11 Å². The first-order chi connectivity index (χ1) is 8.25. The summed E-state index contributed by atoms with van der Waals surface area (Å²) in [6.07, 6.45) is -4.83. The minimum absolute atomic E-state index is 0.300. The second-order valence-electron chi connectivity index (χ2n) is 3.17. The molecule has 18 heavy (non-hydrogen) atoms. The predicted octanol–water partition coefficient (Wildman–Crippen LogP) is 0.905. The second-order valence-corrected chi connectivity index (χ2v) is 3.17. The van der Waals surface area contributed by atoms with Crippen molar-refractivity contribution >= 4 is 11.9 Å².